The predicted octanol–water partition coefficient (Wildman–Crippen LogP) is 4.98. The highest BCUT2D eigenvalue weighted by Crippen LogP contribution is 2.30. The van der Waals surface area contributed by atoms with Crippen molar-refractivity contribution < 1.29 is 22.8 Å². The van der Waals surface area contributed by atoms with Gasteiger partial charge in [-0.15, -0.1) is 0 Å². The molecule has 2 aromatic carbocycles. The Morgan fingerprint density at radius 3 is 2.15 bits per heavy atom. The number of aromatic nitrogens is 1. The number of pyridine rings is 1. The second-order valence-electron chi connectivity index (χ2n) is 8.43. The molecular formula is C25H24F3N3O2. The summed E-state index contributed by atoms with van der Waals surface area (Å²) in [7, 11) is 0. The highest BCUT2D eigenvalue weighted by atomic mass is 19.4. The number of hydrogen-bond donors (Lipinski definition) is 0. The number of rotatable bonds is 3. The standard InChI is InChI=1S/C25H24F3N3O2/c1-16(2)22-15-20(19-8-3-4-9-21(19)29-22)24(33)31-12-10-30(11-13-31)23(32)17-6-5-7-18(14-17)25(26,27)28/h3-9,14-16H,10-13H2,1-2H3. The van der Waals surface area contributed by atoms with E-state index >= 15 is 0 Å². The van der Waals surface area contributed by atoms with Gasteiger partial charge in [0.15, 0.2) is 0 Å². The van der Waals surface area contributed by atoms with Crippen molar-refractivity contribution >= 4 is 22.7 Å². The largest absolute Gasteiger partial charge is 0.416 e. The lowest BCUT2D eigenvalue weighted by Gasteiger charge is -2.35. The average Bonchev–Trinajstić information content (AvgIpc) is 2.82. The average molecular weight is 455 g/mol. The Morgan fingerprint density at radius 2 is 1.52 bits per heavy atom. The lowest BCUT2D eigenvalue weighted by molar-refractivity contribution is -0.137. The monoisotopic (exact) mass is 455 g/mol. The molecule has 2 amide bonds. The van der Waals surface area contributed by atoms with Crippen LogP contribution in [-0.2, 0) is 6.18 Å². The van der Waals surface area contributed by atoms with Gasteiger partial charge in [0.2, 0.25) is 0 Å². The van der Waals surface area contributed by atoms with Crippen LogP contribution in [0.4, 0.5) is 13.2 Å². The van der Waals surface area contributed by atoms with Gasteiger partial charge in [0.1, 0.15) is 0 Å². The molecule has 33 heavy (non-hydrogen) atoms. The van der Waals surface area contributed by atoms with E-state index in [4.69, 9.17) is 0 Å². The van der Waals surface area contributed by atoms with Crippen molar-refractivity contribution in [2.45, 2.75) is 25.9 Å². The van der Waals surface area contributed by atoms with E-state index in [0.29, 0.717) is 18.7 Å². The number of para-hydroxylation sites is 1. The molecule has 4 rings (SSSR count). The third-order valence-electron chi connectivity index (χ3n) is 5.85. The van der Waals surface area contributed by atoms with Gasteiger partial charge < -0.3 is 9.80 Å². The van der Waals surface area contributed by atoms with Gasteiger partial charge in [-0.3, -0.25) is 14.6 Å². The van der Waals surface area contributed by atoms with Gasteiger partial charge in [-0.1, -0.05) is 38.1 Å². The van der Waals surface area contributed by atoms with Crippen LogP contribution in [0.1, 0.15) is 51.7 Å². The molecule has 1 aliphatic rings. The molecular weight excluding hydrogens is 431 g/mol. The summed E-state index contributed by atoms with van der Waals surface area (Å²) in [6.07, 6.45) is -4.51. The molecule has 2 heterocycles. The van der Waals surface area contributed by atoms with Crippen LogP contribution in [-0.4, -0.2) is 52.8 Å². The van der Waals surface area contributed by atoms with E-state index in [9.17, 15) is 22.8 Å². The maximum atomic E-state index is 13.4. The van der Waals surface area contributed by atoms with E-state index in [1.807, 2.05) is 44.2 Å². The van der Waals surface area contributed by atoms with Gasteiger partial charge in [0.05, 0.1) is 16.6 Å². The Hall–Kier alpha value is -3.42. The van der Waals surface area contributed by atoms with Gasteiger partial charge in [-0.2, -0.15) is 13.2 Å². The summed E-state index contributed by atoms with van der Waals surface area (Å²) in [5, 5.41) is 0.773. The van der Waals surface area contributed by atoms with Gasteiger partial charge in [-0.25, -0.2) is 0 Å². The number of carbonyl (C=O) groups excluding carboxylic acids is 2. The molecule has 0 aliphatic carbocycles. The predicted molar refractivity (Wildman–Crippen MR) is 119 cm³/mol. The zero-order chi connectivity index (χ0) is 23.8. The van der Waals surface area contributed by atoms with Crippen molar-refractivity contribution in [3.05, 3.63) is 77.0 Å². The molecule has 0 spiro atoms. The van der Waals surface area contributed by atoms with Crippen molar-refractivity contribution in [1.82, 2.24) is 14.8 Å². The highest BCUT2D eigenvalue weighted by Gasteiger charge is 2.32. The first kappa shape index (κ1) is 22.8. The zero-order valence-corrected chi connectivity index (χ0v) is 18.4. The third kappa shape index (κ3) is 4.69. The molecule has 1 aromatic heterocycles. The number of amides is 2. The zero-order valence-electron chi connectivity index (χ0n) is 18.4. The van der Waals surface area contributed by atoms with E-state index in [1.54, 1.807) is 4.90 Å². The maximum Gasteiger partial charge on any atom is 0.416 e. The minimum atomic E-state index is -4.51. The topological polar surface area (TPSA) is 53.5 Å². The Balaban J connectivity index is 1.51. The third-order valence-corrected chi connectivity index (χ3v) is 5.85. The molecule has 0 atom stereocenters. The number of halogens is 3. The second kappa shape index (κ2) is 8.84. The lowest BCUT2D eigenvalue weighted by Crippen LogP contribution is -2.50. The number of benzene rings is 2. The molecule has 1 fully saturated rings. The SMILES string of the molecule is CC(C)c1cc(C(=O)N2CCN(C(=O)c3cccc(C(F)(F)F)c3)CC2)c2ccccc2n1. The molecule has 5 nitrogen and oxygen atoms in total. The highest BCUT2D eigenvalue weighted by molar-refractivity contribution is 6.06. The maximum absolute atomic E-state index is 13.4. The fourth-order valence-electron chi connectivity index (χ4n) is 3.96. The molecule has 1 aliphatic heterocycles. The van der Waals surface area contributed by atoms with E-state index in [0.717, 1.165) is 28.7 Å². The van der Waals surface area contributed by atoms with Gasteiger partial charge in [0.25, 0.3) is 11.8 Å². The lowest BCUT2D eigenvalue weighted by atomic mass is 10.0. The van der Waals surface area contributed by atoms with E-state index < -0.39 is 17.6 Å². The molecule has 0 N–H and O–H groups in total. The van der Waals surface area contributed by atoms with E-state index in [2.05, 4.69) is 4.98 Å². The number of nitrogens with zero attached hydrogens (tertiary/aromatic N) is 3. The van der Waals surface area contributed by atoms with Gasteiger partial charge in [-0.05, 0) is 36.2 Å². The summed E-state index contributed by atoms with van der Waals surface area (Å²) in [4.78, 5) is 34.0. The van der Waals surface area contributed by atoms with Crippen molar-refractivity contribution in [1.29, 1.82) is 0 Å². The first-order chi connectivity index (χ1) is 15.6. The summed E-state index contributed by atoms with van der Waals surface area (Å²) in [5.41, 5.74) is 1.29. The summed E-state index contributed by atoms with van der Waals surface area (Å²) in [6.45, 7) is 5.14. The first-order valence-corrected chi connectivity index (χ1v) is 10.8. The molecule has 3 aromatic rings. The summed E-state index contributed by atoms with van der Waals surface area (Å²) in [6, 6.07) is 13.7. The summed E-state index contributed by atoms with van der Waals surface area (Å²) >= 11 is 0. The van der Waals surface area contributed by atoms with Crippen molar-refractivity contribution in [2.75, 3.05) is 26.2 Å². The number of fused-ring (bicyclic) bond motifs is 1. The molecule has 172 valence electrons. The quantitative estimate of drug-likeness (QED) is 0.560. The van der Waals surface area contributed by atoms with Crippen LogP contribution in [0.25, 0.3) is 10.9 Å². The smallest absolute Gasteiger partial charge is 0.335 e. The number of piperazine rings is 1. The van der Waals surface area contributed by atoms with Gasteiger partial charge in [0, 0.05) is 42.8 Å². The summed E-state index contributed by atoms with van der Waals surface area (Å²) in [5.74, 6) is -0.450. The first-order valence-electron chi connectivity index (χ1n) is 10.8. The van der Waals surface area contributed by atoms with Crippen LogP contribution >= 0.6 is 0 Å². The van der Waals surface area contributed by atoms with Crippen LogP contribution in [0.2, 0.25) is 0 Å². The molecule has 0 radical (unpaired) electrons. The van der Waals surface area contributed by atoms with E-state index in [1.165, 1.54) is 17.0 Å². The molecule has 0 unspecified atom stereocenters. The van der Waals surface area contributed by atoms with Crippen LogP contribution in [0.3, 0.4) is 0 Å². The summed E-state index contributed by atoms with van der Waals surface area (Å²) < 4.78 is 39.0. The van der Waals surface area contributed by atoms with Crippen molar-refractivity contribution in [3.63, 3.8) is 0 Å². The van der Waals surface area contributed by atoms with Crippen LogP contribution in [0.15, 0.2) is 54.6 Å². The van der Waals surface area contributed by atoms with Crippen LogP contribution in [0.5, 0.6) is 0 Å². The fraction of sp³-hybridized carbons (Fsp3) is 0.320. The molecule has 0 saturated carbocycles. The minimum absolute atomic E-state index is 0.00805. The Kier molecular flexibility index (Phi) is 6.10. The number of hydrogen-bond acceptors (Lipinski definition) is 3. The second-order valence-corrected chi connectivity index (χ2v) is 8.43. The Morgan fingerprint density at radius 1 is 0.879 bits per heavy atom. The number of alkyl halides is 3. The van der Waals surface area contributed by atoms with Gasteiger partial charge >= 0.3 is 6.18 Å². The molecule has 0 bridgehead atoms. The normalized spacial score (nSPS) is 14.7. The van der Waals surface area contributed by atoms with E-state index in [-0.39, 0.29) is 30.5 Å². The van der Waals surface area contributed by atoms with Crippen molar-refractivity contribution in [2.24, 2.45) is 0 Å². The van der Waals surface area contributed by atoms with Crippen LogP contribution in [0, 0.1) is 0 Å². The Labute approximate surface area is 189 Å². The van der Waals surface area contributed by atoms with Crippen LogP contribution < -0.4 is 0 Å². The Bertz CT molecular complexity index is 1200. The minimum Gasteiger partial charge on any atom is -0.335 e. The molecule has 8 heteroatoms. The number of carbonyl (C=O) groups is 2. The fourth-order valence-corrected chi connectivity index (χ4v) is 3.96. The molecule has 1 saturated heterocycles. The van der Waals surface area contributed by atoms with Crippen molar-refractivity contribution in [3.8, 4) is 0 Å².